The summed E-state index contributed by atoms with van der Waals surface area (Å²) in [4.78, 5) is 67.8. The SMILES string of the molecule is CCC(=O)N(CCSCc1ccccc1)CCN(CCCCCC(=O)ON1C(=O)CCC1=O)C(C)=O.ClCCl. The molecule has 0 spiro atoms. The van der Waals surface area contributed by atoms with Gasteiger partial charge in [0.25, 0.3) is 11.8 Å². The van der Waals surface area contributed by atoms with Crippen LogP contribution in [0.3, 0.4) is 0 Å². The highest BCUT2D eigenvalue weighted by Gasteiger charge is 2.32. The first-order valence-corrected chi connectivity index (χ1v) is 15.3. The molecule has 0 atom stereocenters. The van der Waals surface area contributed by atoms with Gasteiger partial charge in [0, 0.05) is 70.3 Å². The number of amides is 4. The fourth-order valence-corrected chi connectivity index (χ4v) is 4.67. The molecule has 1 saturated heterocycles. The first-order chi connectivity index (χ1) is 18.7. The van der Waals surface area contributed by atoms with Gasteiger partial charge < -0.3 is 14.6 Å². The number of halogens is 2. The minimum Gasteiger partial charge on any atom is -0.341 e. The maximum absolute atomic E-state index is 12.4. The van der Waals surface area contributed by atoms with Crippen LogP contribution in [-0.4, -0.2) is 81.7 Å². The number of thioether (sulfide) groups is 1. The molecule has 0 bridgehead atoms. The van der Waals surface area contributed by atoms with E-state index >= 15 is 0 Å². The molecule has 218 valence electrons. The van der Waals surface area contributed by atoms with Crippen LogP contribution < -0.4 is 0 Å². The van der Waals surface area contributed by atoms with E-state index in [4.69, 9.17) is 28.0 Å². The second-order valence-corrected chi connectivity index (χ2v) is 10.6. The zero-order chi connectivity index (χ0) is 29.0. The Kier molecular flexibility index (Phi) is 18.3. The van der Waals surface area contributed by atoms with Gasteiger partial charge in [-0.1, -0.05) is 43.7 Å². The molecule has 1 aromatic rings. The zero-order valence-corrected chi connectivity index (χ0v) is 25.1. The van der Waals surface area contributed by atoms with Crippen molar-refractivity contribution < 1.29 is 28.8 Å². The number of nitrogens with zero attached hydrogens (tertiary/aromatic N) is 3. The number of rotatable bonds is 16. The smallest absolute Gasteiger partial charge is 0.333 e. The van der Waals surface area contributed by atoms with Gasteiger partial charge >= 0.3 is 5.97 Å². The lowest BCUT2D eigenvalue weighted by Crippen LogP contribution is -2.41. The molecule has 1 aliphatic heterocycles. The Bertz CT molecular complexity index is 906. The average Bonchev–Trinajstić information content (AvgIpc) is 3.23. The van der Waals surface area contributed by atoms with Crippen LogP contribution in [0.5, 0.6) is 0 Å². The van der Waals surface area contributed by atoms with E-state index < -0.39 is 17.8 Å². The minimum absolute atomic E-state index is 0.0529. The van der Waals surface area contributed by atoms with Gasteiger partial charge in [0.15, 0.2) is 0 Å². The van der Waals surface area contributed by atoms with Gasteiger partial charge in [-0.25, -0.2) is 4.79 Å². The van der Waals surface area contributed by atoms with Crippen LogP contribution in [0.2, 0.25) is 0 Å². The molecule has 1 aromatic carbocycles. The molecule has 0 N–H and O–H groups in total. The number of benzene rings is 1. The maximum atomic E-state index is 12.4. The number of unbranched alkanes of at least 4 members (excludes halogenated alkanes) is 2. The van der Waals surface area contributed by atoms with Crippen LogP contribution >= 0.6 is 35.0 Å². The minimum atomic E-state index is -0.610. The number of alkyl halides is 2. The third kappa shape index (κ3) is 14.6. The van der Waals surface area contributed by atoms with Crippen molar-refractivity contribution in [3.8, 4) is 0 Å². The van der Waals surface area contributed by atoms with Crippen LogP contribution in [-0.2, 0) is 34.6 Å². The fraction of sp³-hybridized carbons (Fsp3) is 0.593. The van der Waals surface area contributed by atoms with Crippen LogP contribution in [0.1, 0.15) is 64.4 Å². The summed E-state index contributed by atoms with van der Waals surface area (Å²) in [5, 5.41) is 0.753. The molecule has 0 aliphatic carbocycles. The van der Waals surface area contributed by atoms with E-state index in [9.17, 15) is 24.0 Å². The molecule has 12 heteroatoms. The van der Waals surface area contributed by atoms with E-state index in [-0.39, 0.29) is 36.4 Å². The lowest BCUT2D eigenvalue weighted by molar-refractivity contribution is -0.197. The summed E-state index contributed by atoms with van der Waals surface area (Å²) in [7, 11) is 0. The molecular formula is C27H39Cl2N3O6S. The molecule has 2 rings (SSSR count). The van der Waals surface area contributed by atoms with Gasteiger partial charge in [-0.15, -0.1) is 28.3 Å². The van der Waals surface area contributed by atoms with Crippen molar-refractivity contribution in [2.75, 3.05) is 37.3 Å². The summed E-state index contributed by atoms with van der Waals surface area (Å²) >= 11 is 11.3. The summed E-state index contributed by atoms with van der Waals surface area (Å²) in [6, 6.07) is 10.2. The summed E-state index contributed by atoms with van der Waals surface area (Å²) in [5.74, 6) is 0.153. The lowest BCUT2D eigenvalue weighted by Gasteiger charge is -2.27. The Balaban J connectivity index is 0.00000242. The molecule has 1 heterocycles. The predicted molar refractivity (Wildman–Crippen MR) is 154 cm³/mol. The van der Waals surface area contributed by atoms with Crippen molar-refractivity contribution in [1.29, 1.82) is 0 Å². The third-order valence-corrected chi connectivity index (χ3v) is 6.87. The predicted octanol–water partition coefficient (Wildman–Crippen LogP) is 4.60. The molecule has 0 saturated carbocycles. The van der Waals surface area contributed by atoms with Gasteiger partial charge in [-0.2, -0.15) is 11.8 Å². The fourth-order valence-electron chi connectivity index (χ4n) is 3.75. The monoisotopic (exact) mass is 603 g/mol. The molecule has 0 unspecified atom stereocenters. The Morgan fingerprint density at radius 2 is 1.54 bits per heavy atom. The van der Waals surface area contributed by atoms with E-state index in [1.54, 1.807) is 16.7 Å². The van der Waals surface area contributed by atoms with Gasteiger partial charge in [-0.05, 0) is 18.4 Å². The molecule has 9 nitrogen and oxygen atoms in total. The molecule has 0 aromatic heterocycles. The summed E-state index contributed by atoms with van der Waals surface area (Å²) < 4.78 is 0. The van der Waals surface area contributed by atoms with Crippen molar-refractivity contribution in [2.24, 2.45) is 0 Å². The van der Waals surface area contributed by atoms with Crippen molar-refractivity contribution in [3.05, 3.63) is 35.9 Å². The van der Waals surface area contributed by atoms with Gasteiger partial charge in [-0.3, -0.25) is 19.2 Å². The number of imide groups is 1. The summed E-state index contributed by atoms with van der Waals surface area (Å²) in [6.07, 6.45) is 2.57. The first kappa shape index (κ1) is 34.7. The first-order valence-electron chi connectivity index (χ1n) is 13.1. The second kappa shape index (κ2) is 20.6. The zero-order valence-electron chi connectivity index (χ0n) is 22.7. The van der Waals surface area contributed by atoms with E-state index in [0.29, 0.717) is 56.9 Å². The highest BCUT2D eigenvalue weighted by atomic mass is 35.5. The largest absolute Gasteiger partial charge is 0.341 e. The Labute approximate surface area is 245 Å². The van der Waals surface area contributed by atoms with E-state index in [2.05, 4.69) is 12.1 Å². The molecular weight excluding hydrogens is 565 g/mol. The maximum Gasteiger partial charge on any atom is 0.333 e. The number of carbonyl (C=O) groups excluding carboxylic acids is 5. The van der Waals surface area contributed by atoms with Crippen molar-refractivity contribution in [1.82, 2.24) is 14.9 Å². The van der Waals surface area contributed by atoms with Gasteiger partial charge in [0.1, 0.15) is 0 Å². The quantitative estimate of drug-likeness (QED) is 0.154. The van der Waals surface area contributed by atoms with Crippen molar-refractivity contribution >= 4 is 64.6 Å². The topological polar surface area (TPSA) is 104 Å². The van der Waals surface area contributed by atoms with Crippen LogP contribution in [0.4, 0.5) is 0 Å². The normalized spacial score (nSPS) is 12.6. The number of hydroxylamine groups is 2. The average molecular weight is 605 g/mol. The van der Waals surface area contributed by atoms with Gasteiger partial charge in [0.2, 0.25) is 11.8 Å². The molecule has 1 fully saturated rings. The molecule has 1 aliphatic rings. The van der Waals surface area contributed by atoms with Crippen LogP contribution in [0.15, 0.2) is 30.3 Å². The third-order valence-electron chi connectivity index (χ3n) is 5.87. The summed E-state index contributed by atoms with van der Waals surface area (Å²) in [5.41, 5.74) is 1.25. The highest BCUT2D eigenvalue weighted by Crippen LogP contribution is 2.14. The number of carbonyl (C=O) groups is 5. The standard InChI is InChI=1S/C26H37N3O6S.CH2Cl2/c1-3-23(31)28(18-19-36-20-22-10-6-4-7-11-22)17-16-27(21(2)30)15-9-5-8-12-26(34)35-29-24(32)13-14-25(29)33;2-1-3/h4,6-7,10-11H,3,5,8-9,12-20H2,1-2H3;1H2. The van der Waals surface area contributed by atoms with Gasteiger partial charge in [0.05, 0.1) is 5.34 Å². The number of hydrogen-bond acceptors (Lipinski definition) is 7. The van der Waals surface area contributed by atoms with Crippen molar-refractivity contribution in [3.63, 3.8) is 0 Å². The van der Waals surface area contributed by atoms with E-state index in [0.717, 1.165) is 11.5 Å². The Morgan fingerprint density at radius 1 is 0.923 bits per heavy atom. The highest BCUT2D eigenvalue weighted by molar-refractivity contribution is 7.98. The van der Waals surface area contributed by atoms with E-state index in [1.165, 1.54) is 12.5 Å². The van der Waals surface area contributed by atoms with E-state index in [1.807, 2.05) is 30.0 Å². The lowest BCUT2D eigenvalue weighted by atomic mass is 10.2. The number of hydrogen-bond donors (Lipinski definition) is 0. The molecule has 0 radical (unpaired) electrons. The Morgan fingerprint density at radius 3 is 2.13 bits per heavy atom. The summed E-state index contributed by atoms with van der Waals surface area (Å²) in [6.45, 7) is 5.48. The van der Waals surface area contributed by atoms with Crippen molar-refractivity contribution in [2.45, 2.75) is 64.5 Å². The second-order valence-electron chi connectivity index (χ2n) is 8.74. The molecule has 4 amide bonds. The Hall–Kier alpha value is -2.30. The molecule has 39 heavy (non-hydrogen) atoms. The van der Waals surface area contributed by atoms with Crippen LogP contribution in [0, 0.1) is 0 Å². The van der Waals surface area contributed by atoms with Crippen LogP contribution in [0.25, 0.3) is 0 Å².